The number of amides is 1. The van der Waals surface area contributed by atoms with Gasteiger partial charge in [0.05, 0.1) is 11.7 Å². The molecular formula is C12H16F2N2OS2. The fourth-order valence-electron chi connectivity index (χ4n) is 1.37. The standard InChI is InChI=1S/C12H16F2N2OS2/c1-18-7-6-8(15)11(17)16-9-4-2-3-5-10(9)19-12(13)14/h2-5,8,12H,6-7,15H2,1H3,(H,16,17)/t8-/m1/s1. The van der Waals surface area contributed by atoms with Crippen LogP contribution in [0.5, 0.6) is 0 Å². The highest BCUT2D eigenvalue weighted by Gasteiger charge is 2.16. The zero-order valence-electron chi connectivity index (χ0n) is 10.4. The molecule has 1 aromatic rings. The van der Waals surface area contributed by atoms with Crippen LogP contribution in [0.15, 0.2) is 29.2 Å². The molecule has 1 aromatic carbocycles. The van der Waals surface area contributed by atoms with Gasteiger partial charge in [0.2, 0.25) is 5.91 Å². The summed E-state index contributed by atoms with van der Waals surface area (Å²) >= 11 is 2.01. The van der Waals surface area contributed by atoms with Gasteiger partial charge in [-0.15, -0.1) is 0 Å². The van der Waals surface area contributed by atoms with Crippen LogP contribution in [0.4, 0.5) is 14.5 Å². The second kappa shape index (κ2) is 8.39. The first kappa shape index (κ1) is 16.3. The normalized spacial score (nSPS) is 12.5. The lowest BCUT2D eigenvalue weighted by Crippen LogP contribution is -2.36. The molecule has 106 valence electrons. The van der Waals surface area contributed by atoms with Gasteiger partial charge in [0, 0.05) is 4.90 Å². The minimum Gasteiger partial charge on any atom is -0.324 e. The number of carbonyl (C=O) groups excluding carboxylic acids is 1. The fraction of sp³-hybridized carbons (Fsp3) is 0.417. The topological polar surface area (TPSA) is 55.1 Å². The van der Waals surface area contributed by atoms with Crippen LogP contribution in [0, 0.1) is 0 Å². The fourth-order valence-corrected chi connectivity index (χ4v) is 2.45. The van der Waals surface area contributed by atoms with E-state index >= 15 is 0 Å². The van der Waals surface area contributed by atoms with Crippen molar-refractivity contribution in [2.75, 3.05) is 17.3 Å². The number of benzene rings is 1. The van der Waals surface area contributed by atoms with Gasteiger partial charge in [0.25, 0.3) is 5.76 Å². The zero-order chi connectivity index (χ0) is 14.3. The summed E-state index contributed by atoms with van der Waals surface area (Å²) < 4.78 is 24.8. The van der Waals surface area contributed by atoms with Gasteiger partial charge < -0.3 is 11.1 Å². The van der Waals surface area contributed by atoms with Crippen LogP contribution in [0.1, 0.15) is 6.42 Å². The first-order chi connectivity index (χ1) is 9.04. The molecule has 7 heteroatoms. The molecule has 0 heterocycles. The number of hydrogen-bond acceptors (Lipinski definition) is 4. The van der Waals surface area contributed by atoms with Gasteiger partial charge in [-0.3, -0.25) is 4.79 Å². The Morgan fingerprint density at radius 2 is 2.11 bits per heavy atom. The van der Waals surface area contributed by atoms with E-state index in [2.05, 4.69) is 5.32 Å². The third kappa shape index (κ3) is 5.80. The van der Waals surface area contributed by atoms with E-state index in [0.717, 1.165) is 5.75 Å². The van der Waals surface area contributed by atoms with E-state index in [4.69, 9.17) is 5.73 Å². The molecule has 0 aliphatic heterocycles. The van der Waals surface area contributed by atoms with E-state index in [-0.39, 0.29) is 5.91 Å². The molecule has 0 spiro atoms. The molecule has 1 rings (SSSR count). The smallest absolute Gasteiger partial charge is 0.288 e. The van der Waals surface area contributed by atoms with Crippen LogP contribution in [-0.4, -0.2) is 29.7 Å². The minimum absolute atomic E-state index is 0.336. The van der Waals surface area contributed by atoms with Gasteiger partial charge in [-0.25, -0.2) is 0 Å². The van der Waals surface area contributed by atoms with Gasteiger partial charge in [-0.2, -0.15) is 20.5 Å². The van der Waals surface area contributed by atoms with Crippen LogP contribution in [-0.2, 0) is 4.79 Å². The molecular weight excluding hydrogens is 290 g/mol. The van der Waals surface area contributed by atoms with Gasteiger partial charge in [0.1, 0.15) is 0 Å². The Labute approximate surface area is 119 Å². The Balaban J connectivity index is 2.68. The van der Waals surface area contributed by atoms with Crippen molar-refractivity contribution in [1.82, 2.24) is 0 Å². The Bertz CT molecular complexity index is 418. The van der Waals surface area contributed by atoms with E-state index in [1.165, 1.54) is 0 Å². The molecule has 1 atom stereocenters. The number of nitrogens with two attached hydrogens (primary N) is 1. The zero-order valence-corrected chi connectivity index (χ0v) is 12.1. The Kier molecular flexibility index (Phi) is 7.19. The van der Waals surface area contributed by atoms with Crippen LogP contribution in [0.2, 0.25) is 0 Å². The predicted octanol–water partition coefficient (Wildman–Crippen LogP) is 3.02. The second-order valence-corrected chi connectivity index (χ2v) is 5.77. The van der Waals surface area contributed by atoms with Crippen LogP contribution >= 0.6 is 23.5 Å². The highest BCUT2D eigenvalue weighted by Crippen LogP contribution is 2.31. The molecule has 3 nitrogen and oxygen atoms in total. The molecule has 0 aliphatic carbocycles. The molecule has 0 saturated heterocycles. The monoisotopic (exact) mass is 306 g/mol. The number of carbonyl (C=O) groups is 1. The Morgan fingerprint density at radius 1 is 1.42 bits per heavy atom. The second-order valence-electron chi connectivity index (χ2n) is 3.75. The SMILES string of the molecule is CSCC[C@@H](N)C(=O)Nc1ccccc1SC(F)F. The minimum atomic E-state index is -2.52. The Morgan fingerprint density at radius 3 is 2.74 bits per heavy atom. The van der Waals surface area contributed by atoms with Gasteiger partial charge in [-0.05, 0) is 30.6 Å². The predicted molar refractivity (Wildman–Crippen MR) is 77.9 cm³/mol. The van der Waals surface area contributed by atoms with Crippen LogP contribution in [0.3, 0.4) is 0 Å². The molecule has 1 amide bonds. The van der Waals surface area contributed by atoms with E-state index in [9.17, 15) is 13.6 Å². The molecule has 0 bridgehead atoms. The van der Waals surface area contributed by atoms with Crippen molar-refractivity contribution in [2.24, 2.45) is 5.73 Å². The molecule has 0 aromatic heterocycles. The van der Waals surface area contributed by atoms with E-state index in [0.29, 0.717) is 28.8 Å². The summed E-state index contributed by atoms with van der Waals surface area (Å²) in [6.45, 7) is 0. The summed E-state index contributed by atoms with van der Waals surface area (Å²) in [4.78, 5) is 12.2. The molecule has 19 heavy (non-hydrogen) atoms. The summed E-state index contributed by atoms with van der Waals surface area (Å²) in [5.41, 5.74) is 6.09. The van der Waals surface area contributed by atoms with Crippen molar-refractivity contribution in [3.8, 4) is 0 Å². The third-order valence-corrected chi connectivity index (χ3v) is 3.76. The average Bonchev–Trinajstić information content (AvgIpc) is 2.37. The molecule has 0 saturated carbocycles. The first-order valence-electron chi connectivity index (χ1n) is 5.63. The van der Waals surface area contributed by atoms with Gasteiger partial charge in [0.15, 0.2) is 0 Å². The van der Waals surface area contributed by atoms with Crippen LogP contribution in [0.25, 0.3) is 0 Å². The van der Waals surface area contributed by atoms with E-state index in [1.807, 2.05) is 6.26 Å². The quantitative estimate of drug-likeness (QED) is 0.760. The van der Waals surface area contributed by atoms with Crippen molar-refractivity contribution in [3.05, 3.63) is 24.3 Å². The van der Waals surface area contributed by atoms with Gasteiger partial charge >= 0.3 is 0 Å². The molecule has 3 N–H and O–H groups in total. The lowest BCUT2D eigenvalue weighted by molar-refractivity contribution is -0.117. The first-order valence-corrected chi connectivity index (χ1v) is 7.91. The van der Waals surface area contributed by atoms with E-state index in [1.54, 1.807) is 36.0 Å². The summed E-state index contributed by atoms with van der Waals surface area (Å²) in [6.07, 6.45) is 2.48. The summed E-state index contributed by atoms with van der Waals surface area (Å²) in [6, 6.07) is 5.83. The van der Waals surface area contributed by atoms with Crippen molar-refractivity contribution in [1.29, 1.82) is 0 Å². The highest BCUT2D eigenvalue weighted by atomic mass is 32.2. The lowest BCUT2D eigenvalue weighted by atomic mass is 10.2. The Hall–Kier alpha value is -0.790. The maximum absolute atomic E-state index is 12.4. The number of para-hydroxylation sites is 1. The van der Waals surface area contributed by atoms with Crippen molar-refractivity contribution >= 4 is 35.1 Å². The highest BCUT2D eigenvalue weighted by molar-refractivity contribution is 7.99. The number of hydrogen-bond donors (Lipinski definition) is 2. The van der Waals surface area contributed by atoms with Crippen LogP contribution < -0.4 is 11.1 Å². The molecule has 0 unspecified atom stereocenters. The molecule has 0 aliphatic rings. The third-order valence-electron chi connectivity index (χ3n) is 2.33. The average molecular weight is 306 g/mol. The summed E-state index contributed by atoms with van der Waals surface area (Å²) in [5.74, 6) is -2.10. The van der Waals surface area contributed by atoms with Gasteiger partial charge in [-0.1, -0.05) is 23.9 Å². The summed E-state index contributed by atoms with van der Waals surface area (Å²) in [7, 11) is 0. The van der Waals surface area contributed by atoms with Crippen molar-refractivity contribution < 1.29 is 13.6 Å². The van der Waals surface area contributed by atoms with Crippen molar-refractivity contribution in [3.63, 3.8) is 0 Å². The lowest BCUT2D eigenvalue weighted by Gasteiger charge is -2.14. The number of alkyl halides is 2. The number of rotatable bonds is 7. The molecule has 0 radical (unpaired) electrons. The number of halogens is 2. The largest absolute Gasteiger partial charge is 0.324 e. The maximum atomic E-state index is 12.4. The van der Waals surface area contributed by atoms with E-state index < -0.39 is 11.8 Å². The number of thioether (sulfide) groups is 2. The number of anilines is 1. The molecule has 0 fully saturated rings. The summed E-state index contributed by atoms with van der Waals surface area (Å²) in [5, 5.41) is 2.60. The maximum Gasteiger partial charge on any atom is 0.288 e. The number of nitrogens with one attached hydrogen (secondary N) is 1. The van der Waals surface area contributed by atoms with Crippen molar-refractivity contribution in [2.45, 2.75) is 23.1 Å².